The maximum Gasteiger partial charge on any atom is 0.240 e. The summed E-state index contributed by atoms with van der Waals surface area (Å²) in [4.78, 5) is 16.2. The third-order valence-corrected chi connectivity index (χ3v) is 3.81. The van der Waals surface area contributed by atoms with Crippen molar-refractivity contribution in [3.8, 4) is 0 Å². The molecule has 86 valence electrons. The minimum absolute atomic E-state index is 0.120. The summed E-state index contributed by atoms with van der Waals surface area (Å²) in [6.45, 7) is 5.74. The Bertz CT molecular complexity index is 235. The molecule has 1 atom stereocenters. The molecular weight excluding hydrogens is 212 g/mol. The number of rotatable bonds is 3. The molecule has 1 aliphatic heterocycles. The van der Waals surface area contributed by atoms with Crippen molar-refractivity contribution in [3.05, 3.63) is 0 Å². The molecule has 15 heavy (non-hydrogen) atoms. The topological polar surface area (TPSA) is 23.6 Å². The predicted octanol–water partition coefficient (Wildman–Crippen LogP) is 1.31. The van der Waals surface area contributed by atoms with Crippen molar-refractivity contribution >= 4 is 17.5 Å². The lowest BCUT2D eigenvalue weighted by atomic mass is 10.2. The normalized spacial score (nSPS) is 25.3. The van der Waals surface area contributed by atoms with Gasteiger partial charge in [0.05, 0.1) is 0 Å². The summed E-state index contributed by atoms with van der Waals surface area (Å²) in [5.41, 5.74) is 0. The van der Waals surface area contributed by atoms with Crippen LogP contribution in [0.1, 0.15) is 26.2 Å². The maximum atomic E-state index is 11.8. The van der Waals surface area contributed by atoms with E-state index in [0.717, 1.165) is 38.6 Å². The quantitative estimate of drug-likeness (QED) is 0.683. The molecule has 2 rings (SSSR count). The Balaban J connectivity index is 1.79. The van der Waals surface area contributed by atoms with Gasteiger partial charge in [-0.25, -0.2) is 0 Å². The fourth-order valence-corrected chi connectivity index (χ4v) is 2.26. The highest BCUT2D eigenvalue weighted by molar-refractivity contribution is 6.30. The van der Waals surface area contributed by atoms with Crippen LogP contribution in [0.3, 0.4) is 0 Å². The minimum atomic E-state index is -0.322. The minimum Gasteiger partial charge on any atom is -0.339 e. The standard InChI is InChI=1S/C11H19ClN2O/c1-2-10(12)11(15)14-7-5-13(6-8-14)9-3-4-9/h9-10H,2-8H2,1H3/t10-/m0/s1. The molecule has 1 amide bonds. The molecule has 0 aromatic rings. The van der Waals surface area contributed by atoms with Gasteiger partial charge in [0.1, 0.15) is 5.38 Å². The van der Waals surface area contributed by atoms with Crippen LogP contribution < -0.4 is 0 Å². The van der Waals surface area contributed by atoms with Crippen molar-refractivity contribution in [2.45, 2.75) is 37.6 Å². The van der Waals surface area contributed by atoms with Crippen molar-refractivity contribution in [1.82, 2.24) is 9.80 Å². The van der Waals surface area contributed by atoms with Crippen LogP contribution in [0.5, 0.6) is 0 Å². The van der Waals surface area contributed by atoms with Crippen LogP contribution in [0.4, 0.5) is 0 Å². The van der Waals surface area contributed by atoms with Crippen molar-refractivity contribution in [1.29, 1.82) is 0 Å². The number of carbonyl (C=O) groups is 1. The molecule has 3 nitrogen and oxygen atoms in total. The smallest absolute Gasteiger partial charge is 0.240 e. The van der Waals surface area contributed by atoms with Crippen LogP contribution in [0.15, 0.2) is 0 Å². The Morgan fingerprint density at radius 2 is 1.93 bits per heavy atom. The molecule has 0 unspecified atom stereocenters. The van der Waals surface area contributed by atoms with Gasteiger partial charge in [0, 0.05) is 32.2 Å². The predicted molar refractivity (Wildman–Crippen MR) is 61.1 cm³/mol. The van der Waals surface area contributed by atoms with Gasteiger partial charge in [-0.15, -0.1) is 11.6 Å². The number of nitrogens with zero attached hydrogens (tertiary/aromatic N) is 2. The highest BCUT2D eigenvalue weighted by atomic mass is 35.5. The first-order valence-corrected chi connectivity index (χ1v) is 6.33. The van der Waals surface area contributed by atoms with E-state index >= 15 is 0 Å². The van der Waals surface area contributed by atoms with Crippen molar-refractivity contribution in [3.63, 3.8) is 0 Å². The van der Waals surface area contributed by atoms with Crippen molar-refractivity contribution < 1.29 is 4.79 Å². The zero-order chi connectivity index (χ0) is 10.8. The van der Waals surface area contributed by atoms with Crippen LogP contribution in [0.25, 0.3) is 0 Å². The van der Waals surface area contributed by atoms with Gasteiger partial charge in [-0.1, -0.05) is 6.92 Å². The zero-order valence-electron chi connectivity index (χ0n) is 9.29. The number of hydrogen-bond donors (Lipinski definition) is 0. The largest absolute Gasteiger partial charge is 0.339 e. The second-order valence-corrected chi connectivity index (χ2v) is 5.00. The highest BCUT2D eigenvalue weighted by Crippen LogP contribution is 2.27. The van der Waals surface area contributed by atoms with Crippen LogP contribution in [-0.2, 0) is 4.79 Å². The lowest BCUT2D eigenvalue weighted by Gasteiger charge is -2.35. The average Bonchev–Trinajstić information content (AvgIpc) is 3.11. The van der Waals surface area contributed by atoms with Gasteiger partial charge >= 0.3 is 0 Å². The van der Waals surface area contributed by atoms with E-state index in [1.54, 1.807) is 0 Å². The van der Waals surface area contributed by atoms with E-state index in [1.807, 2.05) is 11.8 Å². The Morgan fingerprint density at radius 3 is 2.40 bits per heavy atom. The van der Waals surface area contributed by atoms with E-state index in [-0.39, 0.29) is 11.3 Å². The van der Waals surface area contributed by atoms with E-state index in [1.165, 1.54) is 12.8 Å². The van der Waals surface area contributed by atoms with Crippen molar-refractivity contribution in [2.75, 3.05) is 26.2 Å². The summed E-state index contributed by atoms with van der Waals surface area (Å²) < 4.78 is 0. The Hall–Kier alpha value is -0.280. The molecule has 0 bridgehead atoms. The molecule has 2 aliphatic rings. The Labute approximate surface area is 96.4 Å². The lowest BCUT2D eigenvalue weighted by Crippen LogP contribution is -2.51. The zero-order valence-corrected chi connectivity index (χ0v) is 10.0. The number of amides is 1. The number of carbonyl (C=O) groups excluding carboxylic acids is 1. The number of piperazine rings is 1. The van der Waals surface area contributed by atoms with E-state index in [2.05, 4.69) is 4.90 Å². The monoisotopic (exact) mass is 230 g/mol. The average molecular weight is 231 g/mol. The molecule has 0 N–H and O–H groups in total. The summed E-state index contributed by atoms with van der Waals surface area (Å²) in [5, 5.41) is -0.322. The van der Waals surface area contributed by atoms with E-state index in [9.17, 15) is 4.79 Å². The van der Waals surface area contributed by atoms with E-state index in [0.29, 0.717) is 0 Å². The number of alkyl halides is 1. The summed E-state index contributed by atoms with van der Waals surface area (Å²) in [6, 6.07) is 0.820. The molecule has 2 fully saturated rings. The van der Waals surface area contributed by atoms with Gasteiger partial charge < -0.3 is 4.90 Å². The molecule has 0 spiro atoms. The fraction of sp³-hybridized carbons (Fsp3) is 0.909. The van der Waals surface area contributed by atoms with Crippen LogP contribution in [0.2, 0.25) is 0 Å². The molecular formula is C11H19ClN2O. The third-order valence-electron chi connectivity index (χ3n) is 3.32. The van der Waals surface area contributed by atoms with Gasteiger partial charge in [0.15, 0.2) is 0 Å². The second kappa shape index (κ2) is 4.71. The van der Waals surface area contributed by atoms with Gasteiger partial charge in [0.2, 0.25) is 5.91 Å². The van der Waals surface area contributed by atoms with Gasteiger partial charge in [-0.3, -0.25) is 9.69 Å². The number of hydrogen-bond acceptors (Lipinski definition) is 2. The Morgan fingerprint density at radius 1 is 1.33 bits per heavy atom. The van der Waals surface area contributed by atoms with Gasteiger partial charge in [0.25, 0.3) is 0 Å². The van der Waals surface area contributed by atoms with Crippen LogP contribution in [0, 0.1) is 0 Å². The van der Waals surface area contributed by atoms with E-state index < -0.39 is 0 Å². The van der Waals surface area contributed by atoms with E-state index in [4.69, 9.17) is 11.6 Å². The highest BCUT2D eigenvalue weighted by Gasteiger charge is 2.33. The lowest BCUT2D eigenvalue weighted by molar-refractivity contribution is -0.132. The first-order chi connectivity index (χ1) is 7.22. The fourth-order valence-electron chi connectivity index (χ4n) is 2.12. The van der Waals surface area contributed by atoms with Crippen molar-refractivity contribution in [2.24, 2.45) is 0 Å². The first-order valence-electron chi connectivity index (χ1n) is 5.89. The molecule has 1 aliphatic carbocycles. The molecule has 4 heteroatoms. The Kier molecular flexibility index (Phi) is 3.52. The molecule has 0 aromatic carbocycles. The van der Waals surface area contributed by atoms with Gasteiger partial charge in [-0.05, 0) is 19.3 Å². The first kappa shape index (κ1) is 11.2. The number of halogens is 1. The maximum absolute atomic E-state index is 11.8. The summed E-state index contributed by atoms with van der Waals surface area (Å²) in [7, 11) is 0. The summed E-state index contributed by atoms with van der Waals surface area (Å²) in [6.07, 6.45) is 3.42. The molecule has 1 saturated carbocycles. The molecule has 0 aromatic heterocycles. The summed E-state index contributed by atoms with van der Waals surface area (Å²) >= 11 is 5.96. The molecule has 1 saturated heterocycles. The van der Waals surface area contributed by atoms with Gasteiger partial charge in [-0.2, -0.15) is 0 Å². The summed E-state index contributed by atoms with van der Waals surface area (Å²) in [5.74, 6) is 0.120. The third kappa shape index (κ3) is 2.64. The second-order valence-electron chi connectivity index (χ2n) is 4.47. The SMILES string of the molecule is CC[C@H](Cl)C(=O)N1CCN(C2CC2)CC1. The molecule has 1 heterocycles. The van der Waals surface area contributed by atoms with Crippen LogP contribution >= 0.6 is 11.6 Å². The molecule has 0 radical (unpaired) electrons. The van der Waals surface area contributed by atoms with Crippen LogP contribution in [-0.4, -0.2) is 53.3 Å².